The Morgan fingerprint density at radius 3 is 2.85 bits per heavy atom. The Kier molecular flexibility index (Phi) is 3.90. The van der Waals surface area contributed by atoms with Crippen LogP contribution >= 0.6 is 22.9 Å². The van der Waals surface area contributed by atoms with Crippen molar-refractivity contribution in [3.63, 3.8) is 0 Å². The minimum Gasteiger partial charge on any atom is -0.311 e. The van der Waals surface area contributed by atoms with Gasteiger partial charge in [0.15, 0.2) is 5.78 Å². The lowest BCUT2D eigenvalue weighted by Crippen LogP contribution is -2.31. The molecule has 0 fully saturated rings. The topological polar surface area (TPSA) is 29.1 Å². The average Bonchev–Trinajstić information content (AvgIpc) is 2.49. The first-order valence-corrected chi connectivity index (χ1v) is 5.27. The lowest BCUT2D eigenvalue weighted by atomic mass is 10.1. The van der Waals surface area contributed by atoms with E-state index in [1.807, 2.05) is 19.1 Å². The van der Waals surface area contributed by atoms with Crippen LogP contribution < -0.4 is 5.32 Å². The highest BCUT2D eigenvalue weighted by Crippen LogP contribution is 2.21. The van der Waals surface area contributed by atoms with Crippen molar-refractivity contribution in [2.75, 3.05) is 7.05 Å². The molecule has 72 valence electrons. The normalized spacial score (nSPS) is 12.8. The largest absolute Gasteiger partial charge is 0.311 e. The fourth-order valence-corrected chi connectivity index (χ4v) is 2.03. The predicted octanol–water partition coefficient (Wildman–Crippen LogP) is 2.12. The van der Waals surface area contributed by atoms with E-state index >= 15 is 0 Å². The number of thiophene rings is 1. The number of Topliss-reactive ketones (excluding diaryl/α,β-unsaturated/α-hetero) is 1. The highest BCUT2D eigenvalue weighted by molar-refractivity contribution is 7.16. The fraction of sp³-hybridized carbons (Fsp3) is 0.444. The maximum atomic E-state index is 11.5. The summed E-state index contributed by atoms with van der Waals surface area (Å²) in [7, 11) is 1.78. The molecule has 1 aromatic rings. The third-order valence-electron chi connectivity index (χ3n) is 1.89. The summed E-state index contributed by atoms with van der Waals surface area (Å²) in [4.78, 5) is 12.5. The van der Waals surface area contributed by atoms with E-state index in [0.717, 1.165) is 9.21 Å². The Bertz CT molecular complexity index is 298. The first kappa shape index (κ1) is 10.7. The first-order valence-electron chi connectivity index (χ1n) is 4.07. The minimum absolute atomic E-state index is 0.0825. The molecule has 4 heteroatoms. The van der Waals surface area contributed by atoms with E-state index in [1.165, 1.54) is 11.3 Å². The quantitative estimate of drug-likeness (QED) is 0.837. The van der Waals surface area contributed by atoms with Crippen molar-refractivity contribution in [2.45, 2.75) is 19.4 Å². The molecule has 1 atom stereocenters. The van der Waals surface area contributed by atoms with Crippen LogP contribution in [0.3, 0.4) is 0 Å². The van der Waals surface area contributed by atoms with Crippen molar-refractivity contribution < 1.29 is 4.79 Å². The van der Waals surface area contributed by atoms with E-state index in [2.05, 4.69) is 5.32 Å². The van der Waals surface area contributed by atoms with Crippen LogP contribution in [0.4, 0.5) is 0 Å². The number of hydrogen-bond acceptors (Lipinski definition) is 3. The van der Waals surface area contributed by atoms with Gasteiger partial charge < -0.3 is 5.32 Å². The smallest absolute Gasteiger partial charge is 0.154 e. The van der Waals surface area contributed by atoms with E-state index in [1.54, 1.807) is 7.05 Å². The molecule has 0 radical (unpaired) electrons. The van der Waals surface area contributed by atoms with E-state index in [4.69, 9.17) is 11.6 Å². The Morgan fingerprint density at radius 2 is 2.38 bits per heavy atom. The van der Waals surface area contributed by atoms with Crippen molar-refractivity contribution >= 4 is 28.7 Å². The molecule has 0 aliphatic carbocycles. The monoisotopic (exact) mass is 217 g/mol. The van der Waals surface area contributed by atoms with Crippen LogP contribution in [0.25, 0.3) is 0 Å². The van der Waals surface area contributed by atoms with Crippen LogP contribution in [0.1, 0.15) is 11.8 Å². The lowest BCUT2D eigenvalue weighted by molar-refractivity contribution is -0.119. The molecular weight excluding hydrogens is 206 g/mol. The van der Waals surface area contributed by atoms with Crippen molar-refractivity contribution in [1.82, 2.24) is 5.32 Å². The zero-order chi connectivity index (χ0) is 9.84. The van der Waals surface area contributed by atoms with Gasteiger partial charge in [-0.25, -0.2) is 0 Å². The summed E-state index contributed by atoms with van der Waals surface area (Å²) in [5.74, 6) is 0.195. The Hall–Kier alpha value is -0.380. The number of hydrogen-bond donors (Lipinski definition) is 1. The zero-order valence-corrected chi connectivity index (χ0v) is 9.21. The SMILES string of the molecule is CNC(C)C(=O)Cc1ccc(Cl)s1. The number of rotatable bonds is 4. The van der Waals surface area contributed by atoms with Crippen LogP contribution in [0.2, 0.25) is 4.34 Å². The molecule has 13 heavy (non-hydrogen) atoms. The number of ketones is 1. The van der Waals surface area contributed by atoms with Crippen LogP contribution in [0.5, 0.6) is 0 Å². The summed E-state index contributed by atoms with van der Waals surface area (Å²) >= 11 is 7.21. The predicted molar refractivity (Wildman–Crippen MR) is 56.6 cm³/mol. The molecule has 0 saturated carbocycles. The zero-order valence-electron chi connectivity index (χ0n) is 7.63. The van der Waals surface area contributed by atoms with Gasteiger partial charge in [-0.2, -0.15) is 0 Å². The highest BCUT2D eigenvalue weighted by atomic mass is 35.5. The van der Waals surface area contributed by atoms with Crippen molar-refractivity contribution in [3.8, 4) is 0 Å². The summed E-state index contributed by atoms with van der Waals surface area (Å²) in [6, 6.07) is 3.63. The number of halogens is 1. The van der Waals surface area contributed by atoms with E-state index < -0.39 is 0 Å². The molecule has 1 heterocycles. The average molecular weight is 218 g/mol. The highest BCUT2D eigenvalue weighted by Gasteiger charge is 2.11. The molecule has 0 aliphatic rings. The Balaban J connectivity index is 2.54. The maximum absolute atomic E-state index is 11.5. The van der Waals surface area contributed by atoms with E-state index in [9.17, 15) is 4.79 Å². The minimum atomic E-state index is -0.0825. The van der Waals surface area contributed by atoms with Gasteiger partial charge in [0.25, 0.3) is 0 Å². The third-order valence-corrected chi connectivity index (χ3v) is 3.12. The summed E-state index contributed by atoms with van der Waals surface area (Å²) < 4.78 is 0.736. The standard InChI is InChI=1S/C9H12ClNOS/c1-6(11-2)8(12)5-7-3-4-9(10)13-7/h3-4,6,11H,5H2,1-2H3. The number of likely N-dealkylation sites (N-methyl/N-ethyl adjacent to an activating group) is 1. The molecular formula is C9H12ClNOS. The Morgan fingerprint density at radius 1 is 1.69 bits per heavy atom. The van der Waals surface area contributed by atoms with Crippen molar-refractivity contribution in [1.29, 1.82) is 0 Å². The second-order valence-corrected chi connectivity index (χ2v) is 4.66. The summed E-state index contributed by atoms with van der Waals surface area (Å²) in [6.45, 7) is 1.86. The van der Waals surface area contributed by atoms with Crippen LogP contribution in [0.15, 0.2) is 12.1 Å². The van der Waals surface area contributed by atoms with Gasteiger partial charge in [-0.15, -0.1) is 11.3 Å². The van der Waals surface area contributed by atoms with Crippen molar-refractivity contribution in [3.05, 3.63) is 21.3 Å². The second kappa shape index (κ2) is 4.74. The molecule has 0 spiro atoms. The fourth-order valence-electron chi connectivity index (χ4n) is 0.933. The molecule has 0 aromatic carbocycles. The number of carbonyl (C=O) groups is 1. The molecule has 0 amide bonds. The van der Waals surface area contributed by atoms with Crippen LogP contribution in [-0.2, 0) is 11.2 Å². The Labute approximate surface area is 86.9 Å². The van der Waals surface area contributed by atoms with Gasteiger partial charge in [0.2, 0.25) is 0 Å². The molecule has 1 aromatic heterocycles. The molecule has 0 saturated heterocycles. The van der Waals surface area contributed by atoms with E-state index in [0.29, 0.717) is 6.42 Å². The van der Waals surface area contributed by atoms with Gasteiger partial charge in [0, 0.05) is 11.3 Å². The lowest BCUT2D eigenvalue weighted by Gasteiger charge is -2.06. The van der Waals surface area contributed by atoms with Crippen LogP contribution in [0, 0.1) is 0 Å². The summed E-state index contributed by atoms with van der Waals surface area (Å²) in [6.07, 6.45) is 0.472. The first-order chi connectivity index (χ1) is 6.13. The van der Waals surface area contributed by atoms with Gasteiger partial charge in [-0.1, -0.05) is 11.6 Å². The molecule has 2 nitrogen and oxygen atoms in total. The summed E-state index contributed by atoms with van der Waals surface area (Å²) in [5, 5.41) is 2.91. The summed E-state index contributed by atoms with van der Waals surface area (Å²) in [5.41, 5.74) is 0. The molecule has 1 N–H and O–H groups in total. The van der Waals surface area contributed by atoms with Gasteiger partial charge in [0.05, 0.1) is 10.4 Å². The molecule has 1 rings (SSSR count). The third kappa shape index (κ3) is 3.10. The van der Waals surface area contributed by atoms with Crippen molar-refractivity contribution in [2.24, 2.45) is 0 Å². The van der Waals surface area contributed by atoms with Crippen LogP contribution in [-0.4, -0.2) is 18.9 Å². The van der Waals surface area contributed by atoms with E-state index in [-0.39, 0.29) is 11.8 Å². The maximum Gasteiger partial charge on any atom is 0.154 e. The molecule has 0 bridgehead atoms. The molecule has 1 unspecified atom stereocenters. The molecule has 0 aliphatic heterocycles. The van der Waals surface area contributed by atoms with Gasteiger partial charge >= 0.3 is 0 Å². The van der Waals surface area contributed by atoms with Gasteiger partial charge in [-0.05, 0) is 26.1 Å². The second-order valence-electron chi connectivity index (χ2n) is 2.86. The van der Waals surface area contributed by atoms with Gasteiger partial charge in [-0.3, -0.25) is 4.79 Å². The van der Waals surface area contributed by atoms with Gasteiger partial charge in [0.1, 0.15) is 0 Å². The number of carbonyl (C=O) groups excluding carboxylic acids is 1. The number of nitrogens with one attached hydrogen (secondary N) is 1.